The largest absolute Gasteiger partial charge is 1.00 e. The van der Waals surface area contributed by atoms with Crippen LogP contribution in [-0.2, 0) is 146 Å². The Morgan fingerprint density at radius 3 is 0.122 bits per heavy atom. The van der Waals surface area contributed by atoms with Gasteiger partial charge in [-0.05, 0) is 0 Å². The molecule has 0 saturated heterocycles. The predicted molar refractivity (Wildman–Crippen MR) is 176 cm³/mol. The first-order valence-electron chi connectivity index (χ1n) is 9.59. The molecule has 82 heteroatoms. The summed E-state index contributed by atoms with van der Waals surface area (Å²) in [4.78, 5) is 0. The van der Waals surface area contributed by atoms with Crippen molar-refractivity contribution in [3.05, 3.63) is 0 Å². The zero-order chi connectivity index (χ0) is 63.0. The topological polar surface area (TPSA) is 1080 Å². The fourth-order valence-electron chi connectivity index (χ4n) is 0. The average Bonchev–Trinajstić information content (AvgIpc) is 2.60. The second kappa shape index (κ2) is 83.6. The van der Waals surface area contributed by atoms with Crippen LogP contribution >= 0.6 is 0 Å². The Bertz CT molecular complexity index is 2060. The fraction of sp³-hybridized carbons (Fsp3) is 0. The van der Waals surface area contributed by atoms with Crippen LogP contribution in [-0.4, -0.2) is 245 Å². The first kappa shape index (κ1) is 175. The van der Waals surface area contributed by atoms with Gasteiger partial charge in [-0.2, -0.15) is 67.3 Å². The molecule has 448 valence electrons. The van der Waals surface area contributed by atoms with Crippen LogP contribution in [0.25, 0.3) is 0 Å². The van der Waals surface area contributed by atoms with Crippen molar-refractivity contribution in [1.29, 1.82) is 0 Å². The Kier molecular flexibility index (Phi) is 178. The van der Waals surface area contributed by atoms with E-state index in [4.69, 9.17) is 245 Å². The van der Waals surface area contributed by atoms with Crippen molar-refractivity contribution in [3.8, 4) is 0 Å². The normalized spacial score (nSPS) is 9.90. The van der Waals surface area contributed by atoms with E-state index in [-0.39, 0.29) is 355 Å². The molecule has 0 spiro atoms. The minimum atomic E-state index is -5.17. The average molecular weight is 1640 g/mol. The van der Waals surface area contributed by atoms with E-state index in [1.807, 2.05) is 0 Å². The molecule has 0 aliphatic carbocycles. The Balaban J connectivity index is -0.0000000170. The van der Waals surface area contributed by atoms with Gasteiger partial charge in [-0.1, -0.05) is 0 Å². The summed E-state index contributed by atoms with van der Waals surface area (Å²) in [5, 5.41) is 0. The molecule has 0 unspecified atom stereocenters. The van der Waals surface area contributed by atoms with Gasteiger partial charge >= 0.3 is 438 Å². The molecule has 0 radical (unpaired) electrons. The quantitative estimate of drug-likeness (QED) is 0.0608. The van der Waals surface area contributed by atoms with E-state index in [1.54, 1.807) is 0 Å². The van der Waals surface area contributed by atoms with Crippen molar-refractivity contribution in [1.82, 2.24) is 0 Å². The summed E-state index contributed by atoms with van der Waals surface area (Å²) in [5.41, 5.74) is 0. The van der Waals surface area contributed by atoms with Gasteiger partial charge in [-0.25, -0.2) is 0 Å². The van der Waals surface area contributed by atoms with Crippen LogP contribution in [0.2, 0.25) is 0 Å². The molecule has 56 nitrogen and oxygen atoms in total. The SMILES string of the molecule is O=S(=O)(O)O.O=S(=O)(O)O.O=S(=O)(O)O.O=S(=O)(O)O.O=S(=O)(O)O.O=S(=O)(O)O.O=S(=O)(O)O.O=S(=O)(O)O.O=S(=O)([O-])[O-].O=S(=O)([O-])[O-].O=S(=O)([O-])[O-].O=S(=O)([O-])[O-].O=S(=O)([O-])[O-].O=S(=O)([O-])[O-].[Na+].[Na+].[Na+].[Na+].[Na+].[Na+].[Na+].[Na+].[Na+].[Na+].[Na+].[Na+]. The summed E-state index contributed by atoms with van der Waals surface area (Å²) in [6.45, 7) is 0. The first-order valence-corrected chi connectivity index (χ1v) is 28.8. The monoisotopic (exact) mass is 1640 g/mol. The summed E-state index contributed by atoms with van der Waals surface area (Å²) in [7, 11) is -68.3. The van der Waals surface area contributed by atoms with Crippen LogP contribution in [0.5, 0.6) is 0 Å². The molecule has 0 atom stereocenters. The maximum absolute atomic E-state index is 8.74. The Labute approximate surface area is 729 Å². The molecule has 0 amide bonds. The molecule has 0 heterocycles. The van der Waals surface area contributed by atoms with E-state index in [2.05, 4.69) is 0 Å². The van der Waals surface area contributed by atoms with Gasteiger partial charge in [0.1, 0.15) is 0 Å². The van der Waals surface area contributed by atoms with Crippen molar-refractivity contribution in [2.45, 2.75) is 0 Å². The number of rotatable bonds is 0. The van der Waals surface area contributed by atoms with E-state index in [0.717, 1.165) is 0 Å². The van der Waals surface area contributed by atoms with Gasteiger partial charge in [-0.15, -0.1) is 0 Å². The molecular weight excluding hydrogens is 1620 g/mol. The fourth-order valence-corrected chi connectivity index (χ4v) is 0. The number of hydrogen-bond donors (Lipinski definition) is 16. The van der Waals surface area contributed by atoms with Gasteiger partial charge in [-0.3, -0.25) is 123 Å². The molecule has 0 rings (SSSR count). The minimum Gasteiger partial charge on any atom is -0.759 e. The number of hydrogen-bond acceptors (Lipinski definition) is 40. The molecule has 0 aromatic heterocycles. The molecule has 0 fully saturated rings. The molecule has 82 heavy (non-hydrogen) atoms. The van der Waals surface area contributed by atoms with Crippen LogP contribution in [0, 0.1) is 0 Å². The molecular formula is H16Na12O56S14. The Hall–Kier alpha value is 10.2. The van der Waals surface area contributed by atoms with Crippen molar-refractivity contribution in [3.63, 3.8) is 0 Å². The van der Waals surface area contributed by atoms with Gasteiger partial charge in [0.25, 0.3) is 0 Å². The van der Waals surface area contributed by atoms with Crippen molar-refractivity contribution < 1.29 is 600 Å². The van der Waals surface area contributed by atoms with Crippen LogP contribution in [0.1, 0.15) is 0 Å². The summed E-state index contributed by atoms with van der Waals surface area (Å²) < 4.78 is 457. The maximum Gasteiger partial charge on any atom is 1.00 e. The molecule has 16 N–H and O–H groups in total. The Morgan fingerprint density at radius 1 is 0.122 bits per heavy atom. The van der Waals surface area contributed by atoms with E-state index in [0.29, 0.717) is 0 Å². The van der Waals surface area contributed by atoms with Crippen LogP contribution < -0.4 is 355 Å². The minimum absolute atomic E-state index is 0. The molecule has 0 aromatic rings. The van der Waals surface area contributed by atoms with Gasteiger partial charge in [0.05, 0.1) is 0 Å². The van der Waals surface area contributed by atoms with E-state index in [9.17, 15) is 0 Å². The van der Waals surface area contributed by atoms with Crippen LogP contribution in [0.15, 0.2) is 0 Å². The zero-order valence-corrected chi connectivity index (χ0v) is 76.6. The van der Waals surface area contributed by atoms with Crippen molar-refractivity contribution in [2.75, 3.05) is 0 Å². The predicted octanol–water partition coefficient (Wildman–Crippen LogP) is -49.2. The van der Waals surface area contributed by atoms with Gasteiger partial charge in [0.2, 0.25) is 0 Å². The van der Waals surface area contributed by atoms with E-state index < -0.39 is 146 Å². The second-order valence-electron chi connectivity index (χ2n) is 6.03. The van der Waals surface area contributed by atoms with Crippen LogP contribution in [0.4, 0.5) is 0 Å². The zero-order valence-electron chi connectivity index (χ0n) is 41.2. The van der Waals surface area contributed by atoms with Gasteiger partial charge in [0, 0.05) is 62.4 Å². The summed E-state index contributed by atoms with van der Waals surface area (Å²) >= 11 is 0. The van der Waals surface area contributed by atoms with Crippen LogP contribution in [0.3, 0.4) is 0 Å². The molecule has 0 aromatic carbocycles. The Morgan fingerprint density at radius 2 is 0.122 bits per heavy atom. The third-order valence-electron chi connectivity index (χ3n) is 0. The maximum atomic E-state index is 8.74. The first-order chi connectivity index (χ1) is 28.0. The van der Waals surface area contributed by atoms with Crippen molar-refractivity contribution >= 4 is 146 Å². The molecule has 0 bridgehead atoms. The standard InChI is InChI=1S/12Na.14H2O4S/c;;;;;;;;;;;;14*1-5(2,3)4/h;;;;;;;;;;;;14*(H2,1,2,3,4)/q12*+1;;;;;;;;;;;;;;/p-12. The molecule has 0 aliphatic rings. The van der Waals surface area contributed by atoms with Crippen molar-refractivity contribution in [2.24, 2.45) is 0 Å². The smallest absolute Gasteiger partial charge is 0.759 e. The van der Waals surface area contributed by atoms with Gasteiger partial charge in [0.15, 0.2) is 0 Å². The molecule has 0 aliphatic heterocycles. The third-order valence-corrected chi connectivity index (χ3v) is 0. The summed E-state index contributed by atoms with van der Waals surface area (Å²) in [5.74, 6) is 0. The second-order valence-corrected chi connectivity index (χ2v) is 18.1. The van der Waals surface area contributed by atoms with Gasteiger partial charge < -0.3 is 54.6 Å². The summed E-state index contributed by atoms with van der Waals surface area (Å²) in [6.07, 6.45) is 0. The molecule has 0 saturated carbocycles. The van der Waals surface area contributed by atoms with E-state index >= 15 is 0 Å². The van der Waals surface area contributed by atoms with E-state index in [1.165, 1.54) is 0 Å². The third kappa shape index (κ3) is 6920. The summed E-state index contributed by atoms with van der Waals surface area (Å²) in [6, 6.07) is 0.